The summed E-state index contributed by atoms with van der Waals surface area (Å²) >= 11 is 0. The summed E-state index contributed by atoms with van der Waals surface area (Å²) in [5, 5.41) is 2.66. The first kappa shape index (κ1) is 12.2. The largest absolute Gasteiger partial charge is 1.00 e. The van der Waals surface area contributed by atoms with Crippen molar-refractivity contribution < 1.29 is 51.4 Å². The predicted molar refractivity (Wildman–Crippen MR) is 35.6 cm³/mol. The molecule has 0 saturated carbocycles. The van der Waals surface area contributed by atoms with Crippen LogP contribution in [0.1, 0.15) is 0 Å². The fraction of sp³-hybridized carbons (Fsp3) is 1.00. The first-order chi connectivity index (χ1) is 2.91. The Morgan fingerprint density at radius 1 is 1.86 bits per heavy atom. The second kappa shape index (κ2) is 11.3. The molecular formula is CH5KNOP3. The minimum Gasteiger partial charge on any atom is -0.479 e. The Hall–Kier alpha value is 2.53. The zero-order chi connectivity index (χ0) is 4.83. The molecule has 0 aromatic rings. The van der Waals surface area contributed by atoms with Crippen molar-refractivity contribution in [2.24, 2.45) is 5.18 Å². The van der Waals surface area contributed by atoms with Crippen LogP contribution in [0.25, 0.3) is 0 Å². The van der Waals surface area contributed by atoms with Gasteiger partial charge in [0.1, 0.15) is 0 Å². The van der Waals surface area contributed by atoms with E-state index in [0.717, 1.165) is 16.2 Å². The van der Waals surface area contributed by atoms with E-state index in [-0.39, 0.29) is 51.4 Å². The Kier molecular flexibility index (Phi) is 19.8. The Bertz CT molecular complexity index is 43.9. The predicted octanol–water partition coefficient (Wildman–Crippen LogP) is -0.956. The second-order valence-electron chi connectivity index (χ2n) is 0.558. The van der Waals surface area contributed by atoms with Crippen LogP contribution in [0.3, 0.4) is 0 Å². The monoisotopic (exact) mass is 179 g/mol. The smallest absolute Gasteiger partial charge is 0.479 e. The van der Waals surface area contributed by atoms with Gasteiger partial charge in [-0.15, -0.1) is 14.1 Å². The molecule has 0 aliphatic rings. The van der Waals surface area contributed by atoms with Gasteiger partial charge in [-0.2, -0.15) is 4.91 Å². The maximum atomic E-state index is 9.30. The molecule has 2 nitrogen and oxygen atoms in total. The molecule has 0 rings (SSSR count). The van der Waals surface area contributed by atoms with Crippen LogP contribution in [0, 0.1) is 4.91 Å². The van der Waals surface area contributed by atoms with Gasteiger partial charge in [0.05, 0.1) is 0 Å². The third-order valence-corrected chi connectivity index (χ3v) is 3.27. The van der Waals surface area contributed by atoms with Crippen molar-refractivity contribution >= 4 is 25.2 Å². The standard InChI is InChI=1S/CH5NOP3.K/c3-2-1-5-6-4;/h6H,1,4H2;/q-1;+1. The molecule has 0 saturated heterocycles. The fourth-order valence-electron chi connectivity index (χ4n) is 0.0697. The van der Waals surface area contributed by atoms with Crippen LogP contribution in [-0.4, -0.2) is 6.29 Å². The van der Waals surface area contributed by atoms with Gasteiger partial charge in [-0.25, -0.2) is 0 Å². The molecule has 0 bridgehead atoms. The molecule has 0 aliphatic heterocycles. The number of nitrogens with zero attached hydrogens (tertiary/aromatic N) is 1. The van der Waals surface area contributed by atoms with E-state index in [0.29, 0.717) is 6.29 Å². The third-order valence-electron chi connectivity index (χ3n) is 0.220. The van der Waals surface area contributed by atoms with Crippen LogP contribution >= 0.6 is 25.2 Å². The molecule has 0 spiro atoms. The van der Waals surface area contributed by atoms with Crippen molar-refractivity contribution in [1.29, 1.82) is 0 Å². The molecule has 2 atom stereocenters. The van der Waals surface area contributed by atoms with Gasteiger partial charge in [-0.3, -0.25) is 7.96 Å². The van der Waals surface area contributed by atoms with Crippen LogP contribution in [0.4, 0.5) is 0 Å². The van der Waals surface area contributed by atoms with Gasteiger partial charge in [0.25, 0.3) is 0 Å². The summed E-state index contributed by atoms with van der Waals surface area (Å²) in [5.74, 6) is 0. The number of rotatable bonds is 3. The minimum absolute atomic E-state index is 0. The van der Waals surface area contributed by atoms with E-state index in [1.807, 2.05) is 0 Å². The van der Waals surface area contributed by atoms with Gasteiger partial charge < -0.3 is 8.27 Å². The quantitative estimate of drug-likeness (QED) is 0.237. The van der Waals surface area contributed by atoms with E-state index in [1.165, 1.54) is 0 Å². The van der Waals surface area contributed by atoms with Crippen molar-refractivity contribution in [1.82, 2.24) is 0 Å². The van der Waals surface area contributed by atoms with E-state index in [9.17, 15) is 4.91 Å². The summed E-state index contributed by atoms with van der Waals surface area (Å²) in [4.78, 5) is 9.30. The molecule has 7 heavy (non-hydrogen) atoms. The summed E-state index contributed by atoms with van der Waals surface area (Å²) in [7, 11) is 4.43. The van der Waals surface area contributed by atoms with E-state index >= 15 is 0 Å². The fourth-order valence-corrected chi connectivity index (χ4v) is 1.36. The average Bonchev–Trinajstić information content (AvgIpc) is 1.61. The maximum absolute atomic E-state index is 9.30. The van der Waals surface area contributed by atoms with Gasteiger partial charge in [-0.1, -0.05) is 0 Å². The van der Waals surface area contributed by atoms with Gasteiger partial charge >= 0.3 is 51.4 Å². The van der Waals surface area contributed by atoms with Gasteiger partial charge in [0.2, 0.25) is 0 Å². The molecular weight excluding hydrogens is 174 g/mol. The van der Waals surface area contributed by atoms with Crippen molar-refractivity contribution in [2.45, 2.75) is 0 Å². The second-order valence-corrected chi connectivity index (χ2v) is 5.46. The zero-order valence-corrected chi connectivity index (χ0v) is 10.3. The minimum atomic E-state index is 0. The summed E-state index contributed by atoms with van der Waals surface area (Å²) in [6, 6.07) is 0. The molecule has 0 aromatic carbocycles. The molecule has 0 aliphatic carbocycles. The molecule has 2 unspecified atom stereocenters. The van der Waals surface area contributed by atoms with Gasteiger partial charge in [0.15, 0.2) is 0 Å². The van der Waals surface area contributed by atoms with Crippen LogP contribution in [0.15, 0.2) is 5.18 Å². The molecule has 36 valence electrons. The Labute approximate surface area is 91.3 Å². The van der Waals surface area contributed by atoms with Crippen LogP contribution in [-0.2, 0) is 0 Å². The molecule has 0 radical (unpaired) electrons. The van der Waals surface area contributed by atoms with E-state index in [4.69, 9.17) is 0 Å². The van der Waals surface area contributed by atoms with Crippen LogP contribution in [0.2, 0.25) is 0 Å². The SMILES string of the molecule is O=NC[P-]PP.[K+]. The van der Waals surface area contributed by atoms with Crippen molar-refractivity contribution in [2.75, 3.05) is 6.29 Å². The van der Waals surface area contributed by atoms with Crippen LogP contribution < -0.4 is 51.4 Å². The summed E-state index contributed by atoms with van der Waals surface area (Å²) < 4.78 is 0. The molecule has 0 amide bonds. The molecule has 0 N–H and O–H groups in total. The molecule has 6 heteroatoms. The number of nitroso groups, excluding NO2 is 1. The number of hydrogen-bond donors (Lipinski definition) is 0. The molecule has 0 heterocycles. The van der Waals surface area contributed by atoms with Crippen molar-refractivity contribution in [3.05, 3.63) is 4.91 Å². The summed E-state index contributed by atoms with van der Waals surface area (Å²) in [5.41, 5.74) is 0. The Morgan fingerprint density at radius 2 is 2.43 bits per heavy atom. The Balaban J connectivity index is 0. The topological polar surface area (TPSA) is 29.4 Å². The molecule has 0 fully saturated rings. The summed E-state index contributed by atoms with van der Waals surface area (Å²) in [6.45, 7) is 0. The first-order valence-corrected chi connectivity index (χ1v) is 6.06. The van der Waals surface area contributed by atoms with E-state index < -0.39 is 0 Å². The zero-order valence-electron chi connectivity index (χ0n) is 4.09. The van der Waals surface area contributed by atoms with Gasteiger partial charge in [-0.05, 0) is 6.29 Å². The normalized spacial score (nSPS) is 10.4. The van der Waals surface area contributed by atoms with Gasteiger partial charge in [0, 0.05) is 0 Å². The van der Waals surface area contributed by atoms with E-state index in [1.54, 1.807) is 0 Å². The first-order valence-electron chi connectivity index (χ1n) is 1.33. The van der Waals surface area contributed by atoms with Crippen molar-refractivity contribution in [3.8, 4) is 0 Å². The third kappa shape index (κ3) is 11.9. The van der Waals surface area contributed by atoms with E-state index in [2.05, 4.69) is 14.1 Å². The number of hydrogen-bond acceptors (Lipinski definition) is 2. The van der Waals surface area contributed by atoms with Crippen LogP contribution in [0.5, 0.6) is 0 Å². The maximum Gasteiger partial charge on any atom is 1.00 e. The summed E-state index contributed by atoms with van der Waals surface area (Å²) in [6.07, 6.45) is 0.446. The van der Waals surface area contributed by atoms with Crippen molar-refractivity contribution in [3.63, 3.8) is 0 Å². The Morgan fingerprint density at radius 3 is 2.57 bits per heavy atom. The average molecular weight is 179 g/mol. The molecule has 0 aromatic heterocycles.